The third kappa shape index (κ3) is 2.69. The van der Waals surface area contributed by atoms with Gasteiger partial charge in [-0.25, -0.2) is 4.39 Å². The van der Waals surface area contributed by atoms with Crippen LogP contribution in [0.5, 0.6) is 0 Å². The second kappa shape index (κ2) is 5.37. The molecule has 122 valence electrons. The molecule has 1 aliphatic rings. The van der Waals surface area contributed by atoms with E-state index in [4.69, 9.17) is 0 Å². The molecule has 0 radical (unpaired) electrons. The van der Waals surface area contributed by atoms with E-state index < -0.39 is 11.4 Å². The molecule has 1 aromatic carbocycles. The topological polar surface area (TPSA) is 73.4 Å². The number of aromatic nitrogens is 1. The molecule has 5 nitrogen and oxygen atoms in total. The van der Waals surface area contributed by atoms with Crippen LogP contribution in [0.15, 0.2) is 18.2 Å². The fraction of sp³-hybridized carbons (Fsp3) is 0.412. The van der Waals surface area contributed by atoms with Crippen molar-refractivity contribution in [1.29, 1.82) is 0 Å². The van der Waals surface area contributed by atoms with Crippen LogP contribution in [0, 0.1) is 18.2 Å². The summed E-state index contributed by atoms with van der Waals surface area (Å²) < 4.78 is 13.5. The lowest BCUT2D eigenvalue weighted by molar-refractivity contribution is -0.147. The van der Waals surface area contributed by atoms with Crippen molar-refractivity contribution in [3.05, 3.63) is 35.3 Å². The van der Waals surface area contributed by atoms with Gasteiger partial charge >= 0.3 is 5.97 Å². The summed E-state index contributed by atoms with van der Waals surface area (Å²) in [5.41, 5.74) is 1.52. The lowest BCUT2D eigenvalue weighted by Gasteiger charge is -2.20. The maximum absolute atomic E-state index is 13.5. The van der Waals surface area contributed by atoms with Gasteiger partial charge in [0.15, 0.2) is 0 Å². The van der Waals surface area contributed by atoms with Crippen LogP contribution in [0.4, 0.5) is 4.39 Å². The quantitative estimate of drug-likeness (QED) is 0.913. The Morgan fingerprint density at radius 3 is 2.83 bits per heavy atom. The third-order valence-electron chi connectivity index (χ3n) is 4.75. The molecule has 1 fully saturated rings. The third-order valence-corrected chi connectivity index (χ3v) is 4.75. The molecular weight excluding hydrogens is 299 g/mol. The van der Waals surface area contributed by atoms with Gasteiger partial charge in [-0.3, -0.25) is 9.59 Å². The summed E-state index contributed by atoms with van der Waals surface area (Å²) in [6.07, 6.45) is 0.598. The van der Waals surface area contributed by atoms with Crippen molar-refractivity contribution in [2.45, 2.75) is 26.7 Å². The average Bonchev–Trinajstić information content (AvgIpc) is 3.02. The first-order valence-electron chi connectivity index (χ1n) is 7.58. The fourth-order valence-electron chi connectivity index (χ4n) is 3.19. The van der Waals surface area contributed by atoms with Gasteiger partial charge in [-0.2, -0.15) is 0 Å². The molecule has 0 saturated carbocycles. The van der Waals surface area contributed by atoms with E-state index in [2.05, 4.69) is 4.98 Å². The van der Waals surface area contributed by atoms with Gasteiger partial charge in [0.2, 0.25) is 5.91 Å². The second-order valence-electron chi connectivity index (χ2n) is 6.53. The van der Waals surface area contributed by atoms with Gasteiger partial charge in [-0.1, -0.05) is 0 Å². The highest BCUT2D eigenvalue weighted by Crippen LogP contribution is 2.31. The van der Waals surface area contributed by atoms with Crippen molar-refractivity contribution in [2.75, 3.05) is 13.1 Å². The Hall–Kier alpha value is -2.37. The summed E-state index contributed by atoms with van der Waals surface area (Å²) in [6, 6.07) is 4.46. The fourth-order valence-corrected chi connectivity index (χ4v) is 3.19. The molecule has 3 rings (SSSR count). The number of aliphatic carboxylic acids is 1. The number of nitrogens with zero attached hydrogens (tertiary/aromatic N) is 1. The lowest BCUT2D eigenvalue weighted by atomic mass is 9.90. The molecule has 1 aliphatic heterocycles. The number of carbonyl (C=O) groups excluding carboxylic acids is 1. The van der Waals surface area contributed by atoms with Crippen LogP contribution >= 0.6 is 0 Å². The number of halogens is 1. The molecule has 0 aliphatic carbocycles. The molecule has 6 heteroatoms. The monoisotopic (exact) mass is 318 g/mol. The van der Waals surface area contributed by atoms with Gasteiger partial charge < -0.3 is 15.0 Å². The Morgan fingerprint density at radius 2 is 2.17 bits per heavy atom. The SMILES string of the molecule is Cc1[nH]c2ccc(F)cc2c1CC(=O)N1CCC(C)(C(=O)O)C1. The Labute approximate surface area is 133 Å². The number of fused-ring (bicyclic) bond motifs is 1. The standard InChI is InChI=1S/C17H19FN2O3/c1-10-12(13-7-11(18)3-4-14(13)19-10)8-15(21)20-6-5-17(2,9-20)16(22)23/h3-4,7,19H,5-6,8-9H2,1-2H3,(H,22,23). The van der Waals surface area contributed by atoms with E-state index in [0.717, 1.165) is 16.8 Å². The van der Waals surface area contributed by atoms with E-state index in [-0.39, 0.29) is 24.7 Å². The van der Waals surface area contributed by atoms with Gasteiger partial charge in [0.1, 0.15) is 5.82 Å². The molecule has 2 heterocycles. The first-order valence-corrected chi connectivity index (χ1v) is 7.58. The number of carbonyl (C=O) groups is 2. The minimum Gasteiger partial charge on any atom is -0.481 e. The molecule has 0 bridgehead atoms. The van der Waals surface area contributed by atoms with Crippen molar-refractivity contribution in [1.82, 2.24) is 9.88 Å². The lowest BCUT2D eigenvalue weighted by Crippen LogP contribution is -2.35. The number of hydrogen-bond donors (Lipinski definition) is 2. The summed E-state index contributed by atoms with van der Waals surface area (Å²) in [7, 11) is 0. The summed E-state index contributed by atoms with van der Waals surface area (Å²) in [4.78, 5) is 28.6. The molecule has 1 amide bonds. The molecule has 0 spiro atoms. The number of aromatic amines is 1. The van der Waals surface area contributed by atoms with Crippen LogP contribution in [-0.2, 0) is 16.0 Å². The van der Waals surface area contributed by atoms with Crippen molar-refractivity contribution in [2.24, 2.45) is 5.41 Å². The van der Waals surface area contributed by atoms with Crippen molar-refractivity contribution in [3.8, 4) is 0 Å². The molecule has 23 heavy (non-hydrogen) atoms. The summed E-state index contributed by atoms with van der Waals surface area (Å²) in [6.45, 7) is 4.18. The summed E-state index contributed by atoms with van der Waals surface area (Å²) >= 11 is 0. The van der Waals surface area contributed by atoms with E-state index in [1.807, 2.05) is 6.92 Å². The molecule has 1 aromatic heterocycles. The van der Waals surface area contributed by atoms with Crippen LogP contribution in [0.3, 0.4) is 0 Å². The second-order valence-corrected chi connectivity index (χ2v) is 6.53. The van der Waals surface area contributed by atoms with Crippen LogP contribution in [0.2, 0.25) is 0 Å². The van der Waals surface area contributed by atoms with Crippen molar-refractivity contribution >= 4 is 22.8 Å². The molecule has 1 unspecified atom stereocenters. The van der Waals surface area contributed by atoms with E-state index >= 15 is 0 Å². The van der Waals surface area contributed by atoms with Gasteiger partial charge in [0.25, 0.3) is 0 Å². The molecule has 1 saturated heterocycles. The number of aryl methyl sites for hydroxylation is 1. The number of rotatable bonds is 3. The number of benzene rings is 1. The number of likely N-dealkylation sites (tertiary alicyclic amines) is 1. The minimum atomic E-state index is -0.878. The Bertz CT molecular complexity index is 798. The number of hydrogen-bond acceptors (Lipinski definition) is 2. The number of H-pyrrole nitrogens is 1. The largest absolute Gasteiger partial charge is 0.481 e. The Balaban J connectivity index is 1.83. The van der Waals surface area contributed by atoms with E-state index in [9.17, 15) is 19.1 Å². The predicted molar refractivity (Wildman–Crippen MR) is 83.6 cm³/mol. The van der Waals surface area contributed by atoms with Gasteiger partial charge in [0, 0.05) is 29.7 Å². The smallest absolute Gasteiger partial charge is 0.311 e. The van der Waals surface area contributed by atoms with Crippen molar-refractivity contribution < 1.29 is 19.1 Å². The average molecular weight is 318 g/mol. The first kappa shape index (κ1) is 15.5. The maximum atomic E-state index is 13.5. The van der Waals surface area contributed by atoms with Gasteiger partial charge in [-0.05, 0) is 44.0 Å². The number of amides is 1. The van der Waals surface area contributed by atoms with Crippen LogP contribution < -0.4 is 0 Å². The normalized spacial score (nSPS) is 21.1. The molecule has 2 aromatic rings. The predicted octanol–water partition coefficient (Wildman–Crippen LogP) is 2.48. The van der Waals surface area contributed by atoms with E-state index in [0.29, 0.717) is 18.4 Å². The number of carboxylic acid groups (broad SMARTS) is 1. The minimum absolute atomic E-state index is 0.122. The van der Waals surface area contributed by atoms with E-state index in [1.54, 1.807) is 17.9 Å². The highest BCUT2D eigenvalue weighted by Gasteiger charge is 2.42. The van der Waals surface area contributed by atoms with Gasteiger partial charge in [-0.15, -0.1) is 0 Å². The zero-order valence-corrected chi connectivity index (χ0v) is 13.1. The van der Waals surface area contributed by atoms with Crippen LogP contribution in [0.1, 0.15) is 24.6 Å². The summed E-state index contributed by atoms with van der Waals surface area (Å²) in [5.74, 6) is -1.34. The van der Waals surface area contributed by atoms with Gasteiger partial charge in [0.05, 0.1) is 11.8 Å². The number of nitrogens with one attached hydrogen (secondary N) is 1. The Kier molecular flexibility index (Phi) is 3.62. The van der Waals surface area contributed by atoms with Crippen LogP contribution in [0.25, 0.3) is 10.9 Å². The maximum Gasteiger partial charge on any atom is 0.311 e. The molecule has 2 N–H and O–H groups in total. The van der Waals surface area contributed by atoms with E-state index in [1.165, 1.54) is 12.1 Å². The van der Waals surface area contributed by atoms with Crippen LogP contribution in [-0.4, -0.2) is 40.0 Å². The highest BCUT2D eigenvalue weighted by atomic mass is 19.1. The van der Waals surface area contributed by atoms with Crippen molar-refractivity contribution in [3.63, 3.8) is 0 Å². The Morgan fingerprint density at radius 1 is 1.43 bits per heavy atom. The number of carboxylic acids is 1. The molecular formula is C17H19FN2O3. The summed E-state index contributed by atoms with van der Waals surface area (Å²) in [5, 5.41) is 9.96. The first-order chi connectivity index (χ1) is 10.8. The zero-order chi connectivity index (χ0) is 16.8. The highest BCUT2D eigenvalue weighted by molar-refractivity contribution is 5.90. The molecule has 1 atom stereocenters. The zero-order valence-electron chi connectivity index (χ0n) is 13.1.